The Kier molecular flexibility index (Phi) is 6.91. The van der Waals surface area contributed by atoms with E-state index in [2.05, 4.69) is 10.6 Å². The smallest absolute Gasteiger partial charge is 0.335 e. The van der Waals surface area contributed by atoms with Crippen molar-refractivity contribution in [3.63, 3.8) is 0 Å². The lowest BCUT2D eigenvalue weighted by molar-refractivity contribution is -0.158. The van der Waals surface area contributed by atoms with E-state index in [0.29, 0.717) is 24.7 Å². The van der Waals surface area contributed by atoms with Crippen molar-refractivity contribution in [2.75, 3.05) is 17.2 Å². The molecule has 6 rings (SSSR count). The Morgan fingerprint density at radius 1 is 1.10 bits per heavy atom. The Labute approximate surface area is 235 Å². The van der Waals surface area contributed by atoms with Gasteiger partial charge in [0.2, 0.25) is 5.95 Å². The van der Waals surface area contributed by atoms with Crippen molar-refractivity contribution in [2.24, 2.45) is 5.92 Å². The number of hydrogen-bond donors (Lipinski definition) is 4. The van der Waals surface area contributed by atoms with Crippen LogP contribution in [0.1, 0.15) is 41.9 Å². The summed E-state index contributed by atoms with van der Waals surface area (Å²) in [5, 5.41) is 27.1. The average molecular weight is 562 g/mol. The number of aliphatic hydroxyl groups is 1. The monoisotopic (exact) mass is 561 g/mol. The molecule has 2 fully saturated rings. The number of carboxylic acids is 1. The number of ether oxygens (including phenoxy) is 2. The zero-order chi connectivity index (χ0) is 28.0. The fourth-order valence-corrected chi connectivity index (χ4v) is 6.63. The molecule has 4 atom stereocenters. The highest BCUT2D eigenvalue weighted by Crippen LogP contribution is 2.44. The molecular formula is C29H31N5O5S. The lowest BCUT2D eigenvalue weighted by atomic mass is 10.1. The number of carbonyl (C=O) groups is 1. The van der Waals surface area contributed by atoms with Crippen LogP contribution in [0.25, 0.3) is 20.8 Å². The first kappa shape index (κ1) is 26.6. The lowest BCUT2D eigenvalue weighted by Gasteiger charge is -2.25. The van der Waals surface area contributed by atoms with Crippen LogP contribution >= 0.6 is 11.3 Å². The number of rotatable bonds is 8. The molecule has 2 aromatic heterocycles. The molecule has 0 unspecified atom stereocenters. The standard InChI is InChI=1S/C29H31N5O5S/c1-15-22(26-33-19-9-4-5-10-21(19)40-26)25(32-20-12-18(14-35)23-24(20)39-29(2,3)38-23)34-28(31-15)30-13-16-7-6-8-17(11-16)27(36)37/h4-11,18,20,23-24,35H,12-14H2,1-3H3,(H,36,37)(H2,30,31,32,34)/t18-,20-,23-,24+/m1/s1. The van der Waals surface area contributed by atoms with E-state index in [1.807, 2.05) is 51.1 Å². The van der Waals surface area contributed by atoms with E-state index >= 15 is 0 Å². The molecule has 0 radical (unpaired) electrons. The lowest BCUT2D eigenvalue weighted by Crippen LogP contribution is -2.35. The number of anilines is 2. The zero-order valence-corrected chi connectivity index (χ0v) is 23.2. The van der Waals surface area contributed by atoms with E-state index in [1.165, 1.54) is 0 Å². The molecule has 2 aliphatic rings. The number of aromatic carboxylic acids is 1. The van der Waals surface area contributed by atoms with Gasteiger partial charge in [-0.25, -0.2) is 14.8 Å². The largest absolute Gasteiger partial charge is 0.478 e. The fraction of sp³-hybridized carbons (Fsp3) is 0.379. The Bertz CT molecular complexity index is 1540. The number of benzene rings is 2. The Hall–Kier alpha value is -3.64. The third kappa shape index (κ3) is 5.13. The van der Waals surface area contributed by atoms with Crippen molar-refractivity contribution in [1.82, 2.24) is 15.0 Å². The molecule has 0 spiro atoms. The maximum Gasteiger partial charge on any atom is 0.335 e. The van der Waals surface area contributed by atoms with E-state index in [1.54, 1.807) is 29.5 Å². The average Bonchev–Trinajstić information content (AvgIpc) is 3.58. The highest BCUT2D eigenvalue weighted by molar-refractivity contribution is 7.21. The van der Waals surface area contributed by atoms with Crippen molar-refractivity contribution in [3.8, 4) is 10.6 Å². The van der Waals surface area contributed by atoms with Gasteiger partial charge in [-0.15, -0.1) is 11.3 Å². The summed E-state index contributed by atoms with van der Waals surface area (Å²) in [6.07, 6.45) is 0.195. The number of nitrogens with zero attached hydrogens (tertiary/aromatic N) is 3. The number of aliphatic hydroxyl groups excluding tert-OH is 1. The molecule has 11 heteroatoms. The van der Waals surface area contributed by atoms with Gasteiger partial charge in [-0.05, 0) is 57.0 Å². The third-order valence-corrected chi connectivity index (χ3v) is 8.41. The molecule has 208 valence electrons. The Morgan fingerprint density at radius 3 is 2.67 bits per heavy atom. The quantitative estimate of drug-likeness (QED) is 0.240. The third-order valence-electron chi connectivity index (χ3n) is 7.36. The molecule has 1 aliphatic heterocycles. The molecule has 3 heterocycles. The molecule has 2 aromatic carbocycles. The number of aryl methyl sites for hydroxylation is 1. The first-order valence-electron chi connectivity index (χ1n) is 13.2. The van der Waals surface area contributed by atoms with E-state index in [9.17, 15) is 15.0 Å². The minimum atomic E-state index is -0.974. The van der Waals surface area contributed by atoms with Crippen LogP contribution in [0.3, 0.4) is 0 Å². The zero-order valence-electron chi connectivity index (χ0n) is 22.4. The minimum Gasteiger partial charge on any atom is -0.478 e. The van der Waals surface area contributed by atoms with E-state index in [0.717, 1.165) is 32.0 Å². The fourth-order valence-electron chi connectivity index (χ4n) is 5.57. The number of thiazole rings is 1. The van der Waals surface area contributed by atoms with Crippen LogP contribution in [0.4, 0.5) is 11.8 Å². The summed E-state index contributed by atoms with van der Waals surface area (Å²) in [7, 11) is 0. The second kappa shape index (κ2) is 10.4. The van der Waals surface area contributed by atoms with Crippen LogP contribution in [-0.4, -0.2) is 61.8 Å². The summed E-state index contributed by atoms with van der Waals surface area (Å²) in [6.45, 7) is 6.07. The molecule has 0 bridgehead atoms. The summed E-state index contributed by atoms with van der Waals surface area (Å²) in [6, 6.07) is 14.6. The second-order valence-electron chi connectivity index (χ2n) is 10.7. The van der Waals surface area contributed by atoms with Gasteiger partial charge in [0.15, 0.2) is 5.79 Å². The van der Waals surface area contributed by atoms with Gasteiger partial charge in [0, 0.05) is 19.1 Å². The van der Waals surface area contributed by atoms with Gasteiger partial charge < -0.3 is 30.3 Å². The molecule has 40 heavy (non-hydrogen) atoms. The predicted octanol–water partition coefficient (Wildman–Crippen LogP) is 4.68. The van der Waals surface area contributed by atoms with Crippen LogP contribution in [0.2, 0.25) is 0 Å². The van der Waals surface area contributed by atoms with Crippen LogP contribution in [0.15, 0.2) is 48.5 Å². The van der Waals surface area contributed by atoms with E-state index < -0.39 is 11.8 Å². The Balaban J connectivity index is 1.35. The van der Waals surface area contributed by atoms with Crippen molar-refractivity contribution in [2.45, 2.75) is 57.8 Å². The molecule has 0 amide bonds. The number of aromatic nitrogens is 3. The van der Waals surface area contributed by atoms with Crippen molar-refractivity contribution >= 4 is 39.3 Å². The maximum atomic E-state index is 11.4. The van der Waals surface area contributed by atoms with Gasteiger partial charge in [-0.1, -0.05) is 24.3 Å². The van der Waals surface area contributed by atoms with Gasteiger partial charge in [-0.3, -0.25) is 0 Å². The minimum absolute atomic E-state index is 0.00846. The predicted molar refractivity (Wildman–Crippen MR) is 153 cm³/mol. The molecule has 4 N–H and O–H groups in total. The van der Waals surface area contributed by atoms with E-state index in [-0.39, 0.29) is 36.3 Å². The van der Waals surface area contributed by atoms with Crippen molar-refractivity contribution < 1.29 is 24.5 Å². The van der Waals surface area contributed by atoms with Gasteiger partial charge in [0.05, 0.1) is 39.2 Å². The van der Waals surface area contributed by atoms with Gasteiger partial charge >= 0.3 is 5.97 Å². The summed E-state index contributed by atoms with van der Waals surface area (Å²) in [5.41, 5.74) is 3.48. The number of hydrogen-bond acceptors (Lipinski definition) is 10. The summed E-state index contributed by atoms with van der Waals surface area (Å²) >= 11 is 1.58. The van der Waals surface area contributed by atoms with Crippen molar-refractivity contribution in [1.29, 1.82) is 0 Å². The first-order chi connectivity index (χ1) is 19.2. The Morgan fingerprint density at radius 2 is 1.90 bits per heavy atom. The molecule has 4 aromatic rings. The maximum absolute atomic E-state index is 11.4. The van der Waals surface area contributed by atoms with Crippen LogP contribution in [0, 0.1) is 12.8 Å². The normalized spacial score (nSPS) is 23.3. The molecule has 1 saturated carbocycles. The molecule has 10 nitrogen and oxygen atoms in total. The number of nitrogens with one attached hydrogen (secondary N) is 2. The highest BCUT2D eigenvalue weighted by Gasteiger charge is 2.54. The molecular weight excluding hydrogens is 530 g/mol. The van der Waals surface area contributed by atoms with Crippen LogP contribution in [-0.2, 0) is 16.0 Å². The summed E-state index contributed by atoms with van der Waals surface area (Å²) in [4.78, 5) is 25.9. The summed E-state index contributed by atoms with van der Waals surface area (Å²) < 4.78 is 13.5. The molecule has 1 saturated heterocycles. The number of fused-ring (bicyclic) bond motifs is 2. The van der Waals surface area contributed by atoms with E-state index in [4.69, 9.17) is 24.4 Å². The SMILES string of the molecule is Cc1nc(NCc2cccc(C(=O)O)c2)nc(N[C@@H]2C[C@H](CO)[C@H]3OC(C)(C)O[C@H]32)c1-c1nc2ccccc2s1. The highest BCUT2D eigenvalue weighted by atomic mass is 32.1. The number of para-hydroxylation sites is 1. The topological polar surface area (TPSA) is 139 Å². The van der Waals surface area contributed by atoms with Crippen LogP contribution in [0.5, 0.6) is 0 Å². The number of carboxylic acid groups (broad SMARTS) is 1. The van der Waals surface area contributed by atoms with Gasteiger partial charge in [-0.2, -0.15) is 4.98 Å². The first-order valence-corrected chi connectivity index (χ1v) is 14.1. The van der Waals surface area contributed by atoms with Gasteiger partial charge in [0.1, 0.15) is 16.9 Å². The van der Waals surface area contributed by atoms with Gasteiger partial charge in [0.25, 0.3) is 0 Å². The molecule has 1 aliphatic carbocycles. The van der Waals surface area contributed by atoms with Crippen molar-refractivity contribution in [3.05, 3.63) is 65.4 Å². The summed E-state index contributed by atoms with van der Waals surface area (Å²) in [5.74, 6) is -0.750. The van der Waals surface area contributed by atoms with Crippen LogP contribution < -0.4 is 10.6 Å². The second-order valence-corrected chi connectivity index (χ2v) is 11.7.